The SMILES string of the molecule is COc1cc(C(C)(C)C)c2cc[nH]c2c1. The molecule has 2 rings (SSSR count). The first-order valence-electron chi connectivity index (χ1n) is 5.18. The van der Waals surface area contributed by atoms with Gasteiger partial charge in [-0.05, 0) is 23.1 Å². The third-order valence-electron chi connectivity index (χ3n) is 2.69. The Bertz CT molecular complexity index is 477. The molecule has 0 spiro atoms. The average molecular weight is 203 g/mol. The summed E-state index contributed by atoms with van der Waals surface area (Å²) in [5, 5.41) is 1.28. The number of hydrogen-bond acceptors (Lipinski definition) is 1. The second-order valence-corrected chi connectivity index (χ2v) is 4.86. The number of ether oxygens (including phenoxy) is 1. The number of aromatic nitrogens is 1. The zero-order valence-corrected chi connectivity index (χ0v) is 9.72. The zero-order chi connectivity index (χ0) is 11.1. The van der Waals surface area contributed by atoms with E-state index in [0.717, 1.165) is 11.3 Å². The van der Waals surface area contributed by atoms with Crippen molar-refractivity contribution in [3.05, 3.63) is 30.0 Å². The van der Waals surface area contributed by atoms with Crippen molar-refractivity contribution >= 4 is 10.9 Å². The standard InChI is InChI=1S/C13H17NO/c1-13(2,3)11-7-9(15-4)8-12-10(11)5-6-14-12/h5-8,14H,1-4H3. The minimum absolute atomic E-state index is 0.134. The lowest BCUT2D eigenvalue weighted by atomic mass is 9.85. The first kappa shape index (κ1) is 10.1. The van der Waals surface area contributed by atoms with Crippen molar-refractivity contribution in [1.82, 2.24) is 4.98 Å². The maximum Gasteiger partial charge on any atom is 0.121 e. The summed E-state index contributed by atoms with van der Waals surface area (Å²) in [5.74, 6) is 0.912. The van der Waals surface area contributed by atoms with Crippen molar-refractivity contribution in [2.24, 2.45) is 0 Å². The molecule has 2 aromatic rings. The monoisotopic (exact) mass is 203 g/mol. The molecule has 1 heterocycles. The molecule has 1 aromatic carbocycles. The number of benzene rings is 1. The highest BCUT2D eigenvalue weighted by Gasteiger charge is 2.18. The van der Waals surface area contributed by atoms with Gasteiger partial charge in [0.1, 0.15) is 5.75 Å². The van der Waals surface area contributed by atoms with Gasteiger partial charge in [-0.3, -0.25) is 0 Å². The lowest BCUT2D eigenvalue weighted by Gasteiger charge is -2.21. The average Bonchev–Trinajstić information content (AvgIpc) is 2.61. The van der Waals surface area contributed by atoms with Crippen LogP contribution in [0.3, 0.4) is 0 Å². The number of aromatic amines is 1. The third-order valence-corrected chi connectivity index (χ3v) is 2.69. The Labute approximate surface area is 90.3 Å². The van der Waals surface area contributed by atoms with E-state index in [1.54, 1.807) is 7.11 Å². The second-order valence-electron chi connectivity index (χ2n) is 4.86. The number of rotatable bonds is 1. The summed E-state index contributed by atoms with van der Waals surface area (Å²) in [6.07, 6.45) is 1.97. The minimum atomic E-state index is 0.134. The Balaban J connectivity index is 2.74. The largest absolute Gasteiger partial charge is 0.497 e. The second kappa shape index (κ2) is 3.30. The van der Waals surface area contributed by atoms with Crippen LogP contribution >= 0.6 is 0 Å². The van der Waals surface area contributed by atoms with Crippen molar-refractivity contribution in [1.29, 1.82) is 0 Å². The summed E-state index contributed by atoms with van der Waals surface area (Å²) < 4.78 is 5.31. The number of hydrogen-bond donors (Lipinski definition) is 1. The van der Waals surface area contributed by atoms with E-state index in [9.17, 15) is 0 Å². The highest BCUT2D eigenvalue weighted by molar-refractivity contribution is 5.85. The minimum Gasteiger partial charge on any atom is -0.497 e. The van der Waals surface area contributed by atoms with Gasteiger partial charge in [-0.1, -0.05) is 20.8 Å². The van der Waals surface area contributed by atoms with Gasteiger partial charge in [-0.2, -0.15) is 0 Å². The van der Waals surface area contributed by atoms with E-state index in [-0.39, 0.29) is 5.41 Å². The van der Waals surface area contributed by atoms with Crippen molar-refractivity contribution in [3.63, 3.8) is 0 Å². The molecular weight excluding hydrogens is 186 g/mol. The molecule has 15 heavy (non-hydrogen) atoms. The maximum atomic E-state index is 5.31. The fourth-order valence-corrected chi connectivity index (χ4v) is 1.88. The molecule has 0 saturated heterocycles. The van der Waals surface area contributed by atoms with Gasteiger partial charge in [-0.15, -0.1) is 0 Å². The molecule has 1 N–H and O–H groups in total. The molecule has 0 bridgehead atoms. The fourth-order valence-electron chi connectivity index (χ4n) is 1.88. The summed E-state index contributed by atoms with van der Waals surface area (Å²) in [7, 11) is 1.70. The first-order valence-corrected chi connectivity index (χ1v) is 5.18. The molecule has 80 valence electrons. The molecule has 0 aliphatic carbocycles. The highest BCUT2D eigenvalue weighted by atomic mass is 16.5. The normalized spacial score (nSPS) is 12.0. The fraction of sp³-hybridized carbons (Fsp3) is 0.385. The summed E-state index contributed by atoms with van der Waals surface area (Å²) in [6.45, 7) is 6.65. The van der Waals surface area contributed by atoms with Crippen LogP contribution < -0.4 is 4.74 Å². The van der Waals surface area contributed by atoms with Crippen molar-refractivity contribution in [2.45, 2.75) is 26.2 Å². The van der Waals surface area contributed by atoms with E-state index in [2.05, 4.69) is 37.9 Å². The molecule has 0 unspecified atom stereocenters. The van der Waals surface area contributed by atoms with E-state index >= 15 is 0 Å². The molecular formula is C13H17NO. The van der Waals surface area contributed by atoms with Gasteiger partial charge in [0.2, 0.25) is 0 Å². The summed E-state index contributed by atoms with van der Waals surface area (Å²) in [4.78, 5) is 3.23. The predicted molar refractivity (Wildman–Crippen MR) is 63.6 cm³/mol. The van der Waals surface area contributed by atoms with Gasteiger partial charge in [0, 0.05) is 23.2 Å². The molecule has 0 radical (unpaired) electrons. The summed E-state index contributed by atoms with van der Waals surface area (Å²) >= 11 is 0. The van der Waals surface area contributed by atoms with Gasteiger partial charge in [-0.25, -0.2) is 0 Å². The Hall–Kier alpha value is -1.44. The number of fused-ring (bicyclic) bond motifs is 1. The van der Waals surface area contributed by atoms with Crippen LogP contribution in [0.15, 0.2) is 24.4 Å². The maximum absolute atomic E-state index is 5.31. The highest BCUT2D eigenvalue weighted by Crippen LogP contribution is 2.33. The molecule has 2 heteroatoms. The lowest BCUT2D eigenvalue weighted by Crippen LogP contribution is -2.11. The van der Waals surface area contributed by atoms with Crippen molar-refractivity contribution < 1.29 is 4.74 Å². The van der Waals surface area contributed by atoms with Gasteiger partial charge >= 0.3 is 0 Å². The van der Waals surface area contributed by atoms with Crippen LogP contribution in [0.2, 0.25) is 0 Å². The Morgan fingerprint density at radius 3 is 2.53 bits per heavy atom. The van der Waals surface area contributed by atoms with Gasteiger partial charge in [0.05, 0.1) is 7.11 Å². The summed E-state index contributed by atoms with van der Waals surface area (Å²) in [6, 6.07) is 6.27. The van der Waals surface area contributed by atoms with Gasteiger partial charge in [0.25, 0.3) is 0 Å². The predicted octanol–water partition coefficient (Wildman–Crippen LogP) is 3.47. The lowest BCUT2D eigenvalue weighted by molar-refractivity contribution is 0.413. The molecule has 0 fully saturated rings. The number of nitrogens with one attached hydrogen (secondary N) is 1. The molecule has 0 saturated carbocycles. The van der Waals surface area contributed by atoms with E-state index in [1.807, 2.05) is 12.3 Å². The first-order chi connectivity index (χ1) is 7.02. The molecule has 2 nitrogen and oxygen atoms in total. The van der Waals surface area contributed by atoms with E-state index in [0.29, 0.717) is 0 Å². The van der Waals surface area contributed by atoms with Crippen molar-refractivity contribution in [2.75, 3.05) is 7.11 Å². The van der Waals surface area contributed by atoms with Crippen LogP contribution in [0.4, 0.5) is 0 Å². The number of H-pyrrole nitrogens is 1. The number of methoxy groups -OCH3 is 1. The van der Waals surface area contributed by atoms with E-state index in [1.165, 1.54) is 10.9 Å². The quantitative estimate of drug-likeness (QED) is 0.754. The van der Waals surface area contributed by atoms with E-state index in [4.69, 9.17) is 4.74 Å². The topological polar surface area (TPSA) is 25.0 Å². The molecule has 0 aliphatic rings. The van der Waals surface area contributed by atoms with Crippen LogP contribution in [0.5, 0.6) is 5.75 Å². The summed E-state index contributed by atoms with van der Waals surface area (Å²) in [5.41, 5.74) is 2.59. The van der Waals surface area contributed by atoms with E-state index < -0.39 is 0 Å². The van der Waals surface area contributed by atoms with Crippen LogP contribution in [0.1, 0.15) is 26.3 Å². The Morgan fingerprint density at radius 2 is 1.93 bits per heavy atom. The smallest absolute Gasteiger partial charge is 0.121 e. The van der Waals surface area contributed by atoms with Crippen molar-refractivity contribution in [3.8, 4) is 5.75 Å². The van der Waals surface area contributed by atoms with Crippen LogP contribution in [0.25, 0.3) is 10.9 Å². The van der Waals surface area contributed by atoms with Crippen LogP contribution in [-0.2, 0) is 5.41 Å². The zero-order valence-electron chi connectivity index (χ0n) is 9.72. The molecule has 0 aliphatic heterocycles. The van der Waals surface area contributed by atoms with Crippen LogP contribution in [-0.4, -0.2) is 12.1 Å². The van der Waals surface area contributed by atoms with Gasteiger partial charge < -0.3 is 9.72 Å². The van der Waals surface area contributed by atoms with Crippen LogP contribution in [0, 0.1) is 0 Å². The Morgan fingerprint density at radius 1 is 1.20 bits per heavy atom. The molecule has 1 aromatic heterocycles. The molecule has 0 atom stereocenters. The molecule has 0 amide bonds. The third kappa shape index (κ3) is 1.72. The van der Waals surface area contributed by atoms with Gasteiger partial charge in [0.15, 0.2) is 0 Å². The Kier molecular flexibility index (Phi) is 2.22.